The molecule has 0 spiro atoms. The van der Waals surface area contributed by atoms with Gasteiger partial charge in [0.05, 0.1) is 11.3 Å². The van der Waals surface area contributed by atoms with Crippen LogP contribution >= 0.6 is 0 Å². The molecule has 1 aromatic carbocycles. The number of rotatable bonds is 5. The van der Waals surface area contributed by atoms with E-state index in [1.165, 1.54) is 6.07 Å². The van der Waals surface area contributed by atoms with Crippen molar-refractivity contribution in [2.75, 3.05) is 5.32 Å². The van der Waals surface area contributed by atoms with Gasteiger partial charge in [-0.1, -0.05) is 27.7 Å². The van der Waals surface area contributed by atoms with Gasteiger partial charge in [0.25, 0.3) is 0 Å². The minimum absolute atomic E-state index is 0.122. The Labute approximate surface area is 124 Å². The van der Waals surface area contributed by atoms with Gasteiger partial charge in [0.1, 0.15) is 5.82 Å². The van der Waals surface area contributed by atoms with E-state index in [9.17, 15) is 14.0 Å². The average molecular weight is 295 g/mol. The van der Waals surface area contributed by atoms with E-state index in [0.717, 1.165) is 18.6 Å². The molecular formula is C16H22FNO3. The predicted molar refractivity (Wildman–Crippen MR) is 79.8 cm³/mol. The number of carbonyl (C=O) groups excluding carboxylic acids is 1. The number of nitrogens with one attached hydrogen (secondary N) is 1. The van der Waals surface area contributed by atoms with E-state index in [1.807, 2.05) is 6.92 Å². The van der Waals surface area contributed by atoms with Gasteiger partial charge in [-0.15, -0.1) is 0 Å². The quantitative estimate of drug-likeness (QED) is 0.865. The van der Waals surface area contributed by atoms with E-state index in [0.29, 0.717) is 6.42 Å². The number of halogens is 1. The molecule has 116 valence electrons. The summed E-state index contributed by atoms with van der Waals surface area (Å²) >= 11 is 0. The summed E-state index contributed by atoms with van der Waals surface area (Å²) in [6, 6.07) is 3.29. The highest BCUT2D eigenvalue weighted by atomic mass is 19.1. The molecule has 0 aliphatic rings. The fourth-order valence-electron chi connectivity index (χ4n) is 2.44. The van der Waals surface area contributed by atoms with E-state index >= 15 is 0 Å². The monoisotopic (exact) mass is 295 g/mol. The van der Waals surface area contributed by atoms with E-state index in [2.05, 4.69) is 26.1 Å². The maximum atomic E-state index is 13.1. The summed E-state index contributed by atoms with van der Waals surface area (Å²) in [5, 5.41) is 11.6. The first kappa shape index (κ1) is 17.1. The highest BCUT2D eigenvalue weighted by Gasteiger charge is 2.19. The second-order valence-corrected chi connectivity index (χ2v) is 6.62. The summed E-state index contributed by atoms with van der Waals surface area (Å²) in [7, 11) is 0. The van der Waals surface area contributed by atoms with Crippen LogP contribution in [0.25, 0.3) is 0 Å². The molecule has 2 N–H and O–H groups in total. The van der Waals surface area contributed by atoms with E-state index in [4.69, 9.17) is 5.11 Å². The van der Waals surface area contributed by atoms with Crippen LogP contribution in [-0.2, 0) is 4.79 Å². The maximum Gasteiger partial charge on any atom is 0.337 e. The third-order valence-corrected chi connectivity index (χ3v) is 2.98. The number of hydrogen-bond donors (Lipinski definition) is 2. The summed E-state index contributed by atoms with van der Waals surface area (Å²) in [6.07, 6.45) is 1.18. The van der Waals surface area contributed by atoms with Crippen molar-refractivity contribution >= 4 is 17.6 Å². The highest BCUT2D eigenvalue weighted by Crippen LogP contribution is 2.26. The van der Waals surface area contributed by atoms with Crippen LogP contribution in [0.15, 0.2) is 18.2 Å². The van der Waals surface area contributed by atoms with Crippen LogP contribution < -0.4 is 5.32 Å². The van der Waals surface area contributed by atoms with Crippen molar-refractivity contribution in [2.45, 2.75) is 40.5 Å². The first-order valence-corrected chi connectivity index (χ1v) is 6.91. The summed E-state index contributed by atoms with van der Waals surface area (Å²) in [5.74, 6) is -2.00. The third-order valence-electron chi connectivity index (χ3n) is 2.98. The number of amides is 1. The van der Waals surface area contributed by atoms with Gasteiger partial charge in [0, 0.05) is 6.42 Å². The molecule has 0 fully saturated rings. The Kier molecular flexibility index (Phi) is 5.47. The predicted octanol–water partition coefficient (Wildman–Crippen LogP) is 3.92. The summed E-state index contributed by atoms with van der Waals surface area (Å²) in [5.41, 5.74) is 0.00519. The van der Waals surface area contributed by atoms with Crippen molar-refractivity contribution in [3.63, 3.8) is 0 Å². The molecule has 0 radical (unpaired) electrons. The summed E-state index contributed by atoms with van der Waals surface area (Å²) in [4.78, 5) is 23.0. The Balaban J connectivity index is 2.73. The standard InChI is InChI=1S/C16H22FNO3/c1-10(9-16(2,3)4)7-14(19)18-13-6-5-11(17)8-12(13)15(20)21/h5-6,8,10H,7,9H2,1-4H3,(H,18,19)(H,20,21). The largest absolute Gasteiger partial charge is 0.478 e. The SMILES string of the molecule is CC(CC(=O)Nc1ccc(F)cc1C(=O)O)CC(C)(C)C. The molecule has 21 heavy (non-hydrogen) atoms. The Bertz CT molecular complexity index is 535. The van der Waals surface area contributed by atoms with E-state index in [1.54, 1.807) is 0 Å². The lowest BCUT2D eigenvalue weighted by molar-refractivity contribution is -0.117. The number of hydrogen-bond acceptors (Lipinski definition) is 2. The molecule has 1 atom stereocenters. The minimum atomic E-state index is -1.27. The van der Waals surface area contributed by atoms with Crippen LogP contribution in [0, 0.1) is 17.2 Å². The zero-order valence-corrected chi connectivity index (χ0v) is 12.9. The van der Waals surface area contributed by atoms with Crippen molar-refractivity contribution in [2.24, 2.45) is 11.3 Å². The van der Waals surface area contributed by atoms with Crippen LogP contribution in [0.1, 0.15) is 50.9 Å². The molecule has 0 bridgehead atoms. The molecule has 0 saturated carbocycles. The van der Waals surface area contributed by atoms with Crippen molar-refractivity contribution in [3.8, 4) is 0 Å². The smallest absolute Gasteiger partial charge is 0.337 e. The van der Waals surface area contributed by atoms with Gasteiger partial charge in [-0.2, -0.15) is 0 Å². The molecule has 1 rings (SSSR count). The number of anilines is 1. The topological polar surface area (TPSA) is 66.4 Å². The zero-order valence-electron chi connectivity index (χ0n) is 12.9. The highest BCUT2D eigenvalue weighted by molar-refractivity contribution is 6.00. The van der Waals surface area contributed by atoms with E-state index < -0.39 is 11.8 Å². The van der Waals surface area contributed by atoms with Crippen LogP contribution in [0.3, 0.4) is 0 Å². The van der Waals surface area contributed by atoms with Crippen LogP contribution in [0.2, 0.25) is 0 Å². The summed E-state index contributed by atoms with van der Waals surface area (Å²) in [6.45, 7) is 8.28. The lowest BCUT2D eigenvalue weighted by Crippen LogP contribution is -2.20. The fourth-order valence-corrected chi connectivity index (χ4v) is 2.44. The number of aromatic carboxylic acids is 1. The number of carbonyl (C=O) groups is 2. The molecule has 0 aliphatic heterocycles. The Morgan fingerprint density at radius 3 is 2.48 bits per heavy atom. The number of carboxylic acids is 1. The molecule has 0 aromatic heterocycles. The van der Waals surface area contributed by atoms with Crippen molar-refractivity contribution in [1.82, 2.24) is 0 Å². The van der Waals surface area contributed by atoms with Crippen LogP contribution in [0.5, 0.6) is 0 Å². The molecule has 0 heterocycles. The Morgan fingerprint density at radius 2 is 1.95 bits per heavy atom. The third kappa shape index (κ3) is 5.94. The van der Waals surface area contributed by atoms with Crippen LogP contribution in [0.4, 0.5) is 10.1 Å². The number of benzene rings is 1. The number of carboxylic acid groups (broad SMARTS) is 1. The van der Waals surface area contributed by atoms with Gasteiger partial charge in [0.2, 0.25) is 5.91 Å². The molecule has 5 heteroatoms. The minimum Gasteiger partial charge on any atom is -0.478 e. The second-order valence-electron chi connectivity index (χ2n) is 6.62. The molecule has 0 saturated heterocycles. The van der Waals surface area contributed by atoms with Gasteiger partial charge >= 0.3 is 5.97 Å². The van der Waals surface area contributed by atoms with Crippen molar-refractivity contribution < 1.29 is 19.1 Å². The Morgan fingerprint density at radius 1 is 1.33 bits per heavy atom. The fraction of sp³-hybridized carbons (Fsp3) is 0.500. The zero-order chi connectivity index (χ0) is 16.2. The van der Waals surface area contributed by atoms with Crippen LogP contribution in [-0.4, -0.2) is 17.0 Å². The molecular weight excluding hydrogens is 273 g/mol. The van der Waals surface area contributed by atoms with Gasteiger partial charge in [0.15, 0.2) is 0 Å². The van der Waals surface area contributed by atoms with Gasteiger partial charge < -0.3 is 10.4 Å². The maximum absolute atomic E-state index is 13.1. The molecule has 4 nitrogen and oxygen atoms in total. The average Bonchev–Trinajstić information content (AvgIpc) is 2.28. The molecule has 1 amide bonds. The van der Waals surface area contributed by atoms with Gasteiger partial charge in [-0.3, -0.25) is 4.79 Å². The van der Waals surface area contributed by atoms with Crippen molar-refractivity contribution in [3.05, 3.63) is 29.6 Å². The normalized spacial score (nSPS) is 12.8. The van der Waals surface area contributed by atoms with Crippen molar-refractivity contribution in [1.29, 1.82) is 0 Å². The molecule has 1 aromatic rings. The lowest BCUT2D eigenvalue weighted by Gasteiger charge is -2.22. The first-order valence-electron chi connectivity index (χ1n) is 6.91. The Hall–Kier alpha value is -1.91. The molecule has 0 aliphatic carbocycles. The molecule has 1 unspecified atom stereocenters. The van der Waals surface area contributed by atoms with Gasteiger partial charge in [-0.05, 0) is 36.0 Å². The van der Waals surface area contributed by atoms with Gasteiger partial charge in [-0.25, -0.2) is 9.18 Å². The van der Waals surface area contributed by atoms with E-state index in [-0.39, 0.29) is 28.5 Å². The lowest BCUT2D eigenvalue weighted by atomic mass is 9.84. The summed E-state index contributed by atoms with van der Waals surface area (Å²) < 4.78 is 13.1. The first-order chi connectivity index (χ1) is 9.58. The second kappa shape index (κ2) is 6.70.